The lowest BCUT2D eigenvalue weighted by Crippen LogP contribution is -2.57. The molecule has 14 heteroatoms. The second-order valence-electron chi connectivity index (χ2n) is 7.45. The van der Waals surface area contributed by atoms with Crippen molar-refractivity contribution in [1.82, 2.24) is 15.5 Å². The molecule has 0 aromatic carbocycles. The van der Waals surface area contributed by atoms with Gasteiger partial charge in [0, 0.05) is 13.0 Å². The average molecular weight is 460 g/mol. The molecular formula is C18H28N4O10. The van der Waals surface area contributed by atoms with Crippen molar-refractivity contribution >= 4 is 35.6 Å². The van der Waals surface area contributed by atoms with Crippen molar-refractivity contribution in [3.8, 4) is 0 Å². The van der Waals surface area contributed by atoms with Crippen LogP contribution in [0.25, 0.3) is 0 Å². The number of carboxylic acids is 3. The molecule has 180 valence electrons. The Morgan fingerprint density at radius 2 is 1.66 bits per heavy atom. The van der Waals surface area contributed by atoms with Gasteiger partial charge in [0.05, 0.1) is 12.5 Å². The Hall–Kier alpha value is -3.26. The maximum Gasteiger partial charge on any atom is 0.326 e. The Morgan fingerprint density at radius 1 is 1.03 bits per heavy atom. The lowest BCUT2D eigenvalue weighted by atomic mass is 10.1. The standard InChI is InChI=1S/C18H28N4O10/c1-8(23)14(19)17(30)22-6-2-3-11(22)16(29)20-9(4-5-12(24)25)15(28)21-10(18(31)32)7-13(26)27/h8-11,14,23H,2-7,19H2,1H3,(H,20,29)(H,21,28)(H,24,25)(H,26,27)(H,31,32). The van der Waals surface area contributed by atoms with E-state index in [4.69, 9.17) is 21.1 Å². The second kappa shape index (κ2) is 12.0. The second-order valence-corrected chi connectivity index (χ2v) is 7.45. The van der Waals surface area contributed by atoms with Crippen molar-refractivity contribution in [3.05, 3.63) is 0 Å². The summed E-state index contributed by atoms with van der Waals surface area (Å²) in [6.45, 7) is 1.50. The van der Waals surface area contributed by atoms with Gasteiger partial charge in [0.1, 0.15) is 24.2 Å². The molecule has 3 amide bonds. The largest absolute Gasteiger partial charge is 0.481 e. The van der Waals surface area contributed by atoms with Crippen LogP contribution >= 0.6 is 0 Å². The van der Waals surface area contributed by atoms with Crippen molar-refractivity contribution in [1.29, 1.82) is 0 Å². The molecule has 0 spiro atoms. The lowest BCUT2D eigenvalue weighted by molar-refractivity contribution is -0.147. The predicted octanol–water partition coefficient (Wildman–Crippen LogP) is -2.92. The Bertz CT molecular complexity index is 756. The fourth-order valence-electron chi connectivity index (χ4n) is 3.15. The third-order valence-corrected chi connectivity index (χ3v) is 4.92. The molecule has 1 rings (SSSR count). The molecule has 32 heavy (non-hydrogen) atoms. The summed E-state index contributed by atoms with van der Waals surface area (Å²) < 4.78 is 0. The summed E-state index contributed by atoms with van der Waals surface area (Å²) in [5, 5.41) is 40.6. The summed E-state index contributed by atoms with van der Waals surface area (Å²) in [6, 6.07) is -5.57. The van der Waals surface area contributed by atoms with Gasteiger partial charge in [-0.2, -0.15) is 0 Å². The number of nitrogens with one attached hydrogen (secondary N) is 2. The van der Waals surface area contributed by atoms with Crippen LogP contribution < -0.4 is 16.4 Å². The zero-order valence-electron chi connectivity index (χ0n) is 17.4. The lowest BCUT2D eigenvalue weighted by Gasteiger charge is -2.29. The molecule has 1 aliphatic heterocycles. The number of nitrogens with zero attached hydrogens (tertiary/aromatic N) is 1. The normalized spacial score (nSPS) is 19.3. The summed E-state index contributed by atoms with van der Waals surface area (Å²) in [6.07, 6.45) is -2.36. The molecule has 5 unspecified atom stereocenters. The minimum atomic E-state index is -1.79. The molecule has 5 atom stereocenters. The maximum atomic E-state index is 12.8. The summed E-state index contributed by atoms with van der Waals surface area (Å²) in [5.74, 6) is -6.93. The van der Waals surface area contributed by atoms with Gasteiger partial charge in [-0.15, -0.1) is 0 Å². The molecule has 8 N–H and O–H groups in total. The third kappa shape index (κ3) is 7.77. The first-order valence-corrected chi connectivity index (χ1v) is 9.86. The van der Waals surface area contributed by atoms with Crippen LogP contribution in [0.5, 0.6) is 0 Å². The number of aliphatic hydroxyl groups is 1. The fourth-order valence-corrected chi connectivity index (χ4v) is 3.15. The Morgan fingerprint density at radius 3 is 2.16 bits per heavy atom. The molecule has 14 nitrogen and oxygen atoms in total. The van der Waals surface area contributed by atoms with Crippen LogP contribution in [0.2, 0.25) is 0 Å². The van der Waals surface area contributed by atoms with E-state index in [2.05, 4.69) is 5.32 Å². The van der Waals surface area contributed by atoms with Crippen LogP contribution in [0.1, 0.15) is 39.0 Å². The molecule has 0 radical (unpaired) electrons. The minimum Gasteiger partial charge on any atom is -0.481 e. The minimum absolute atomic E-state index is 0.184. The van der Waals surface area contributed by atoms with Gasteiger partial charge in [-0.1, -0.05) is 0 Å². The van der Waals surface area contributed by atoms with Crippen LogP contribution in [-0.4, -0.2) is 97.8 Å². The Labute approximate surface area is 182 Å². The Kier molecular flexibility index (Phi) is 10.00. The monoisotopic (exact) mass is 460 g/mol. The third-order valence-electron chi connectivity index (χ3n) is 4.92. The van der Waals surface area contributed by atoms with Crippen molar-refractivity contribution in [2.75, 3.05) is 6.54 Å². The first-order valence-electron chi connectivity index (χ1n) is 9.86. The number of likely N-dealkylation sites (tertiary alicyclic amines) is 1. The highest BCUT2D eigenvalue weighted by atomic mass is 16.4. The SMILES string of the molecule is CC(O)C(N)C(=O)N1CCCC1C(=O)NC(CCC(=O)O)C(=O)NC(CC(=O)O)C(=O)O. The summed E-state index contributed by atoms with van der Waals surface area (Å²) >= 11 is 0. The van der Waals surface area contributed by atoms with Gasteiger partial charge in [0.15, 0.2) is 0 Å². The van der Waals surface area contributed by atoms with E-state index >= 15 is 0 Å². The summed E-state index contributed by atoms with van der Waals surface area (Å²) in [4.78, 5) is 71.8. The van der Waals surface area contributed by atoms with Crippen LogP contribution in [-0.2, 0) is 28.8 Å². The number of rotatable bonds is 12. The Balaban J connectivity index is 2.96. The molecule has 1 heterocycles. The van der Waals surface area contributed by atoms with Crippen molar-refractivity contribution < 1.29 is 49.2 Å². The average Bonchev–Trinajstić information content (AvgIpc) is 3.18. The predicted molar refractivity (Wildman–Crippen MR) is 105 cm³/mol. The highest BCUT2D eigenvalue weighted by Crippen LogP contribution is 2.19. The smallest absolute Gasteiger partial charge is 0.326 e. The van der Waals surface area contributed by atoms with Crippen molar-refractivity contribution in [3.63, 3.8) is 0 Å². The molecule has 1 fully saturated rings. The number of aliphatic carboxylic acids is 3. The topological polar surface area (TPSA) is 237 Å². The molecule has 0 aromatic rings. The van der Waals surface area contributed by atoms with Gasteiger partial charge >= 0.3 is 17.9 Å². The van der Waals surface area contributed by atoms with Gasteiger partial charge in [0.25, 0.3) is 0 Å². The van der Waals surface area contributed by atoms with Crippen LogP contribution in [0.4, 0.5) is 0 Å². The zero-order valence-corrected chi connectivity index (χ0v) is 17.4. The molecular weight excluding hydrogens is 432 g/mol. The number of carbonyl (C=O) groups excluding carboxylic acids is 3. The van der Waals surface area contributed by atoms with Gasteiger partial charge in [-0.25, -0.2) is 4.79 Å². The van der Waals surface area contributed by atoms with Gasteiger partial charge in [0.2, 0.25) is 17.7 Å². The van der Waals surface area contributed by atoms with E-state index in [0.29, 0.717) is 6.42 Å². The number of amides is 3. The van der Waals surface area contributed by atoms with Crippen LogP contribution in [0.3, 0.4) is 0 Å². The molecule has 0 saturated carbocycles. The zero-order chi connectivity index (χ0) is 24.6. The van der Waals surface area contributed by atoms with Gasteiger partial charge < -0.3 is 41.7 Å². The highest BCUT2D eigenvalue weighted by molar-refractivity contribution is 5.95. The number of carbonyl (C=O) groups is 6. The quantitative estimate of drug-likeness (QED) is 0.156. The maximum absolute atomic E-state index is 12.8. The number of hydrogen-bond acceptors (Lipinski definition) is 8. The van der Waals surface area contributed by atoms with Crippen LogP contribution in [0, 0.1) is 0 Å². The van der Waals surface area contributed by atoms with Crippen molar-refractivity contribution in [2.24, 2.45) is 5.73 Å². The van der Waals surface area contributed by atoms with E-state index < -0.39 is 85.2 Å². The molecule has 0 bridgehead atoms. The van der Waals surface area contributed by atoms with Gasteiger partial charge in [-0.05, 0) is 26.2 Å². The van der Waals surface area contributed by atoms with E-state index in [1.165, 1.54) is 6.92 Å². The molecule has 1 aliphatic rings. The fraction of sp³-hybridized carbons (Fsp3) is 0.667. The van der Waals surface area contributed by atoms with Crippen LogP contribution in [0.15, 0.2) is 0 Å². The van der Waals surface area contributed by atoms with Gasteiger partial charge in [-0.3, -0.25) is 24.0 Å². The number of aliphatic hydroxyl groups excluding tert-OH is 1. The van der Waals surface area contributed by atoms with Crippen molar-refractivity contribution in [2.45, 2.75) is 69.3 Å². The highest BCUT2D eigenvalue weighted by Gasteiger charge is 2.39. The molecule has 0 aromatic heterocycles. The van der Waals surface area contributed by atoms with E-state index in [1.54, 1.807) is 0 Å². The van der Waals surface area contributed by atoms with E-state index in [0.717, 1.165) is 4.90 Å². The van der Waals surface area contributed by atoms with E-state index in [1.807, 2.05) is 5.32 Å². The number of nitrogens with two attached hydrogens (primary N) is 1. The number of carboxylic acid groups (broad SMARTS) is 3. The van der Waals surface area contributed by atoms with E-state index in [-0.39, 0.29) is 13.0 Å². The first kappa shape index (κ1) is 26.8. The summed E-state index contributed by atoms with van der Waals surface area (Å²) in [7, 11) is 0. The van der Waals surface area contributed by atoms with E-state index in [9.17, 15) is 33.9 Å². The first-order chi connectivity index (χ1) is 14.8. The number of hydrogen-bond donors (Lipinski definition) is 7. The molecule has 0 aliphatic carbocycles. The molecule has 1 saturated heterocycles. The summed E-state index contributed by atoms with van der Waals surface area (Å²) in [5.41, 5.74) is 5.65.